The van der Waals surface area contributed by atoms with Crippen LogP contribution in [0.4, 0.5) is 5.95 Å². The van der Waals surface area contributed by atoms with Gasteiger partial charge in [0.15, 0.2) is 0 Å². The number of nitrogens with zero attached hydrogens (tertiary/aromatic N) is 4. The molecule has 3 unspecified atom stereocenters. The quantitative estimate of drug-likeness (QED) is 0.825. The van der Waals surface area contributed by atoms with E-state index >= 15 is 0 Å². The zero-order valence-corrected chi connectivity index (χ0v) is 12.3. The van der Waals surface area contributed by atoms with E-state index in [2.05, 4.69) is 19.8 Å². The van der Waals surface area contributed by atoms with Gasteiger partial charge in [0.2, 0.25) is 5.95 Å². The number of fused-ring (bicyclic) bond motifs is 2. The molecule has 0 spiro atoms. The summed E-state index contributed by atoms with van der Waals surface area (Å²) in [5, 5.41) is 0. The van der Waals surface area contributed by atoms with E-state index in [-0.39, 0.29) is 0 Å². The van der Waals surface area contributed by atoms with Gasteiger partial charge >= 0.3 is 0 Å². The molecule has 0 aromatic carbocycles. The van der Waals surface area contributed by atoms with Gasteiger partial charge in [-0.15, -0.1) is 0 Å². The summed E-state index contributed by atoms with van der Waals surface area (Å²) >= 11 is 0. The summed E-state index contributed by atoms with van der Waals surface area (Å²) in [4.78, 5) is 14.0. The molecule has 3 atom stereocenters. The van der Waals surface area contributed by atoms with Crippen LogP contribution in [0.1, 0.15) is 31.2 Å². The molecular formula is C16H24N4. The standard InChI is InChI=1S/C16H24N4/c1-12-10-17-16(18-11-12)20-6-4-19(5-7-20)15-9-13-2-3-14(15)8-13/h10-11,13-15H,2-9H2,1H3. The van der Waals surface area contributed by atoms with Crippen molar-refractivity contribution in [3.63, 3.8) is 0 Å². The third-order valence-electron chi connectivity index (χ3n) is 5.53. The number of aromatic nitrogens is 2. The molecule has 108 valence electrons. The van der Waals surface area contributed by atoms with Gasteiger partial charge in [-0.25, -0.2) is 9.97 Å². The Morgan fingerprint density at radius 3 is 2.35 bits per heavy atom. The van der Waals surface area contributed by atoms with Gasteiger partial charge in [-0.3, -0.25) is 4.90 Å². The van der Waals surface area contributed by atoms with E-state index in [4.69, 9.17) is 0 Å². The highest BCUT2D eigenvalue weighted by Crippen LogP contribution is 2.46. The van der Waals surface area contributed by atoms with Gasteiger partial charge < -0.3 is 4.90 Å². The van der Waals surface area contributed by atoms with E-state index < -0.39 is 0 Å². The lowest BCUT2D eigenvalue weighted by Gasteiger charge is -2.41. The van der Waals surface area contributed by atoms with Crippen LogP contribution in [0.2, 0.25) is 0 Å². The second-order valence-corrected chi connectivity index (χ2v) is 6.83. The molecule has 20 heavy (non-hydrogen) atoms. The Kier molecular flexibility index (Phi) is 3.14. The number of hydrogen-bond donors (Lipinski definition) is 0. The maximum atomic E-state index is 4.46. The summed E-state index contributed by atoms with van der Waals surface area (Å²) in [5.41, 5.74) is 1.13. The highest BCUT2D eigenvalue weighted by molar-refractivity contribution is 5.30. The minimum absolute atomic E-state index is 0.884. The molecule has 4 nitrogen and oxygen atoms in total. The van der Waals surface area contributed by atoms with Gasteiger partial charge in [0.25, 0.3) is 0 Å². The third-order valence-corrected chi connectivity index (χ3v) is 5.53. The summed E-state index contributed by atoms with van der Waals surface area (Å²) in [6.45, 7) is 6.57. The topological polar surface area (TPSA) is 32.3 Å². The predicted molar refractivity (Wildman–Crippen MR) is 79.8 cm³/mol. The van der Waals surface area contributed by atoms with Gasteiger partial charge in [-0.2, -0.15) is 0 Å². The molecule has 2 aliphatic carbocycles. The van der Waals surface area contributed by atoms with Crippen molar-refractivity contribution in [3.8, 4) is 0 Å². The molecule has 1 aromatic heterocycles. The number of hydrogen-bond acceptors (Lipinski definition) is 4. The summed E-state index contributed by atoms with van der Waals surface area (Å²) in [7, 11) is 0. The Labute approximate surface area is 121 Å². The van der Waals surface area contributed by atoms with Crippen molar-refractivity contribution >= 4 is 5.95 Å². The fraction of sp³-hybridized carbons (Fsp3) is 0.750. The Hall–Kier alpha value is -1.16. The minimum atomic E-state index is 0.884. The van der Waals surface area contributed by atoms with Crippen LogP contribution in [-0.4, -0.2) is 47.1 Å². The number of aryl methyl sites for hydroxylation is 1. The van der Waals surface area contributed by atoms with E-state index in [1.165, 1.54) is 38.8 Å². The number of rotatable bonds is 2. The molecule has 2 heterocycles. The van der Waals surface area contributed by atoms with Gasteiger partial charge in [0.1, 0.15) is 0 Å². The highest BCUT2D eigenvalue weighted by atomic mass is 15.3. The normalized spacial score (nSPS) is 33.9. The van der Waals surface area contributed by atoms with Gasteiger partial charge in [-0.05, 0) is 43.6 Å². The van der Waals surface area contributed by atoms with Gasteiger partial charge in [0, 0.05) is 44.6 Å². The highest BCUT2D eigenvalue weighted by Gasteiger charge is 2.42. The Morgan fingerprint density at radius 2 is 1.75 bits per heavy atom. The van der Waals surface area contributed by atoms with Crippen LogP contribution in [0.15, 0.2) is 12.4 Å². The maximum Gasteiger partial charge on any atom is 0.225 e. The van der Waals surface area contributed by atoms with E-state index in [0.717, 1.165) is 42.5 Å². The predicted octanol–water partition coefficient (Wildman–Crippen LogP) is 2.10. The Morgan fingerprint density at radius 1 is 1.00 bits per heavy atom. The first-order valence-electron chi connectivity index (χ1n) is 8.07. The van der Waals surface area contributed by atoms with Crippen LogP contribution in [-0.2, 0) is 0 Å². The van der Waals surface area contributed by atoms with Crippen LogP contribution in [0, 0.1) is 18.8 Å². The Bertz CT molecular complexity index is 464. The van der Waals surface area contributed by atoms with Crippen molar-refractivity contribution < 1.29 is 0 Å². The fourth-order valence-corrected chi connectivity index (χ4v) is 4.46. The van der Waals surface area contributed by atoms with Crippen molar-refractivity contribution in [2.45, 2.75) is 38.6 Å². The van der Waals surface area contributed by atoms with Crippen molar-refractivity contribution in [2.24, 2.45) is 11.8 Å². The molecule has 0 amide bonds. The van der Waals surface area contributed by atoms with E-state index in [1.54, 1.807) is 0 Å². The summed E-state index contributed by atoms with van der Waals surface area (Å²) < 4.78 is 0. The number of piperazine rings is 1. The lowest BCUT2D eigenvalue weighted by molar-refractivity contribution is 0.134. The summed E-state index contributed by atoms with van der Waals surface area (Å²) in [5.74, 6) is 2.95. The fourth-order valence-electron chi connectivity index (χ4n) is 4.46. The van der Waals surface area contributed by atoms with Crippen LogP contribution in [0.5, 0.6) is 0 Å². The average molecular weight is 272 g/mol. The van der Waals surface area contributed by atoms with Crippen molar-refractivity contribution in [2.75, 3.05) is 31.1 Å². The first-order valence-corrected chi connectivity index (χ1v) is 8.07. The van der Waals surface area contributed by atoms with Crippen LogP contribution in [0.25, 0.3) is 0 Å². The molecule has 3 aliphatic rings. The van der Waals surface area contributed by atoms with Crippen molar-refractivity contribution in [1.29, 1.82) is 0 Å². The van der Waals surface area contributed by atoms with Gasteiger partial charge in [0.05, 0.1) is 0 Å². The molecule has 0 N–H and O–H groups in total. The van der Waals surface area contributed by atoms with Crippen molar-refractivity contribution in [3.05, 3.63) is 18.0 Å². The largest absolute Gasteiger partial charge is 0.338 e. The molecule has 3 fully saturated rings. The molecule has 4 heteroatoms. The molecule has 1 aliphatic heterocycles. The monoisotopic (exact) mass is 272 g/mol. The smallest absolute Gasteiger partial charge is 0.225 e. The first-order chi connectivity index (χ1) is 9.79. The molecule has 0 radical (unpaired) electrons. The molecule has 1 aromatic rings. The molecular weight excluding hydrogens is 248 g/mol. The minimum Gasteiger partial charge on any atom is -0.338 e. The third kappa shape index (κ3) is 2.20. The first kappa shape index (κ1) is 12.6. The molecule has 2 bridgehead atoms. The van der Waals surface area contributed by atoms with Crippen molar-refractivity contribution in [1.82, 2.24) is 14.9 Å². The lowest BCUT2D eigenvalue weighted by atomic mass is 9.93. The molecule has 4 rings (SSSR count). The van der Waals surface area contributed by atoms with E-state index in [0.29, 0.717) is 0 Å². The SMILES string of the molecule is Cc1cnc(N2CCN(C3CC4CCC3C4)CC2)nc1. The van der Waals surface area contributed by atoms with Crippen LogP contribution < -0.4 is 4.90 Å². The van der Waals surface area contributed by atoms with Crippen LogP contribution >= 0.6 is 0 Å². The van der Waals surface area contributed by atoms with Gasteiger partial charge in [-0.1, -0.05) is 6.42 Å². The zero-order chi connectivity index (χ0) is 13.5. The van der Waals surface area contributed by atoms with Crippen LogP contribution in [0.3, 0.4) is 0 Å². The lowest BCUT2D eigenvalue weighted by Crippen LogP contribution is -2.52. The second kappa shape index (κ2) is 4.99. The summed E-state index contributed by atoms with van der Waals surface area (Å²) in [6.07, 6.45) is 9.79. The zero-order valence-electron chi connectivity index (χ0n) is 12.3. The molecule has 2 saturated carbocycles. The van der Waals surface area contributed by atoms with E-state index in [1.807, 2.05) is 19.3 Å². The maximum absolute atomic E-state index is 4.46. The Balaban J connectivity index is 1.37. The summed E-state index contributed by atoms with van der Waals surface area (Å²) in [6, 6.07) is 0.884. The second-order valence-electron chi connectivity index (χ2n) is 6.83. The molecule has 1 saturated heterocycles. The number of anilines is 1. The average Bonchev–Trinajstić information content (AvgIpc) is 3.11. The van der Waals surface area contributed by atoms with E-state index in [9.17, 15) is 0 Å².